The van der Waals surface area contributed by atoms with Crippen LogP contribution in [-0.4, -0.2) is 4.57 Å². The van der Waals surface area contributed by atoms with Gasteiger partial charge in [0.2, 0.25) is 0 Å². The molecule has 1 aliphatic carbocycles. The molecule has 0 radical (unpaired) electrons. The van der Waals surface area contributed by atoms with Crippen LogP contribution in [0.15, 0.2) is 133 Å². The highest BCUT2D eigenvalue weighted by Crippen LogP contribution is 2.52. The van der Waals surface area contributed by atoms with Crippen LogP contribution in [0.3, 0.4) is 0 Å². The normalized spacial score (nSPS) is 13.4. The van der Waals surface area contributed by atoms with E-state index >= 15 is 0 Å². The first-order chi connectivity index (χ1) is 20.0. The van der Waals surface area contributed by atoms with E-state index in [1.807, 2.05) is 0 Å². The largest absolute Gasteiger partial charge is 0.309 e. The summed E-state index contributed by atoms with van der Waals surface area (Å²) < 4.78 is 2.45. The van der Waals surface area contributed by atoms with E-state index in [0.29, 0.717) is 0 Å². The van der Waals surface area contributed by atoms with Crippen molar-refractivity contribution < 1.29 is 0 Å². The van der Waals surface area contributed by atoms with Gasteiger partial charge < -0.3 is 4.57 Å². The predicted octanol–water partition coefficient (Wildman–Crippen LogP) is 10.7. The molecule has 1 nitrogen and oxygen atoms in total. The van der Waals surface area contributed by atoms with Crippen molar-refractivity contribution in [2.45, 2.75) is 26.2 Å². The van der Waals surface area contributed by atoms with Gasteiger partial charge >= 0.3 is 0 Å². The maximum Gasteiger partial charge on any atom is 0.0547 e. The number of benzene rings is 6. The Hall–Kier alpha value is -4.88. The molecule has 1 aliphatic rings. The van der Waals surface area contributed by atoms with E-state index in [-0.39, 0.29) is 5.41 Å². The number of nitrogens with zero attached hydrogens (tertiary/aromatic N) is 1. The van der Waals surface area contributed by atoms with Gasteiger partial charge in [-0.3, -0.25) is 0 Å². The molecule has 8 rings (SSSR count). The van der Waals surface area contributed by atoms with Crippen molar-refractivity contribution in [3.63, 3.8) is 0 Å². The van der Waals surface area contributed by atoms with Crippen LogP contribution >= 0.6 is 0 Å². The summed E-state index contributed by atoms with van der Waals surface area (Å²) in [5.41, 5.74) is 15.4. The van der Waals surface area contributed by atoms with Crippen LogP contribution in [0.1, 0.15) is 30.5 Å². The maximum atomic E-state index is 2.48. The highest BCUT2D eigenvalue weighted by molar-refractivity contribution is 6.12. The third-order valence-corrected chi connectivity index (χ3v) is 9.07. The Labute approximate surface area is 241 Å². The summed E-state index contributed by atoms with van der Waals surface area (Å²) in [6.07, 6.45) is 0. The lowest BCUT2D eigenvalue weighted by Crippen LogP contribution is -2.15. The van der Waals surface area contributed by atoms with Crippen molar-refractivity contribution in [1.82, 2.24) is 4.57 Å². The van der Waals surface area contributed by atoms with Gasteiger partial charge in [-0.1, -0.05) is 110 Å². The molecule has 0 saturated heterocycles. The molecule has 0 aliphatic heterocycles. The molecule has 1 aromatic heterocycles. The van der Waals surface area contributed by atoms with E-state index in [1.54, 1.807) is 0 Å². The van der Waals surface area contributed by atoms with Crippen molar-refractivity contribution in [2.75, 3.05) is 0 Å². The zero-order valence-electron chi connectivity index (χ0n) is 23.6. The van der Waals surface area contributed by atoms with Crippen molar-refractivity contribution >= 4 is 21.8 Å². The Morgan fingerprint density at radius 3 is 1.73 bits per heavy atom. The fraction of sp³-hybridized carbons (Fsp3) is 0.100. The smallest absolute Gasteiger partial charge is 0.0547 e. The third kappa shape index (κ3) is 3.62. The fourth-order valence-electron chi connectivity index (χ4n) is 6.84. The molecule has 0 N–H and O–H groups in total. The van der Waals surface area contributed by atoms with Crippen molar-refractivity contribution in [3.05, 3.63) is 150 Å². The van der Waals surface area contributed by atoms with E-state index < -0.39 is 0 Å². The summed E-state index contributed by atoms with van der Waals surface area (Å²) in [6.45, 7) is 6.91. The summed E-state index contributed by atoms with van der Waals surface area (Å²) >= 11 is 0. The second kappa shape index (κ2) is 8.81. The molecule has 0 atom stereocenters. The lowest BCUT2D eigenvalue weighted by molar-refractivity contribution is 0.661. The van der Waals surface area contributed by atoms with E-state index in [4.69, 9.17) is 0 Å². The van der Waals surface area contributed by atoms with Gasteiger partial charge in [-0.05, 0) is 93.9 Å². The first-order valence-corrected chi connectivity index (χ1v) is 14.4. The zero-order chi connectivity index (χ0) is 27.7. The van der Waals surface area contributed by atoms with Crippen molar-refractivity contribution in [1.29, 1.82) is 0 Å². The molecule has 6 aromatic carbocycles. The number of fused-ring (bicyclic) bond motifs is 6. The Morgan fingerprint density at radius 2 is 1.05 bits per heavy atom. The molecule has 0 saturated carbocycles. The molecule has 0 amide bonds. The minimum atomic E-state index is -0.0982. The van der Waals surface area contributed by atoms with E-state index in [0.717, 1.165) is 0 Å². The van der Waals surface area contributed by atoms with Gasteiger partial charge in [0.25, 0.3) is 0 Å². The van der Waals surface area contributed by atoms with Crippen molar-refractivity contribution in [2.24, 2.45) is 0 Å². The first kappa shape index (κ1) is 24.0. The lowest BCUT2D eigenvalue weighted by Gasteiger charge is -2.22. The van der Waals surface area contributed by atoms with Crippen molar-refractivity contribution in [3.8, 4) is 39.1 Å². The summed E-state index contributed by atoms with van der Waals surface area (Å²) in [7, 11) is 0. The van der Waals surface area contributed by atoms with Gasteiger partial charge in [0.05, 0.1) is 11.0 Å². The minimum absolute atomic E-state index is 0.0982. The van der Waals surface area contributed by atoms with E-state index in [2.05, 4.69) is 159 Å². The third-order valence-electron chi connectivity index (χ3n) is 9.07. The van der Waals surface area contributed by atoms with Crippen LogP contribution < -0.4 is 0 Å². The molecule has 196 valence electrons. The van der Waals surface area contributed by atoms with Gasteiger partial charge in [-0.15, -0.1) is 0 Å². The van der Waals surface area contributed by atoms with Crippen LogP contribution in [-0.2, 0) is 5.41 Å². The fourth-order valence-corrected chi connectivity index (χ4v) is 6.84. The van der Waals surface area contributed by atoms with Gasteiger partial charge in [0.1, 0.15) is 0 Å². The van der Waals surface area contributed by atoms with E-state index in [1.165, 1.54) is 77.6 Å². The molecule has 0 spiro atoms. The predicted molar refractivity (Wildman–Crippen MR) is 174 cm³/mol. The molecule has 0 fully saturated rings. The quantitative estimate of drug-likeness (QED) is 0.216. The summed E-state index contributed by atoms with van der Waals surface area (Å²) in [4.78, 5) is 0. The van der Waals surface area contributed by atoms with E-state index in [9.17, 15) is 0 Å². The number of rotatable bonds is 3. The Morgan fingerprint density at radius 1 is 0.463 bits per heavy atom. The Balaban J connectivity index is 1.41. The number of hydrogen-bond acceptors (Lipinski definition) is 0. The standard InChI is InChI=1S/C40H31N/c1-26-14-18-31(19-15-26)41-38-21-17-29(27-10-6-4-7-11-27)22-34(38)35-24-37-33(25-39(35)41)32-20-16-30(23-36(32)40(37,2)3)28-12-8-5-9-13-28/h4-25H,1-3H3. The molecule has 1 heterocycles. The van der Waals surface area contributed by atoms with Crippen LogP contribution in [0.5, 0.6) is 0 Å². The van der Waals surface area contributed by atoms with Crippen LogP contribution in [0.4, 0.5) is 0 Å². The number of aromatic nitrogens is 1. The molecule has 7 aromatic rings. The molecular formula is C40H31N. The average molecular weight is 526 g/mol. The maximum absolute atomic E-state index is 2.48. The summed E-state index contributed by atoms with van der Waals surface area (Å²) in [5.74, 6) is 0. The van der Waals surface area contributed by atoms with Gasteiger partial charge in [0, 0.05) is 21.9 Å². The SMILES string of the molecule is Cc1ccc(-n2c3ccc(-c4ccccc4)cc3c3cc4c(cc32)-c2ccc(-c3ccccc3)cc2C4(C)C)cc1. The van der Waals surface area contributed by atoms with Gasteiger partial charge in [-0.2, -0.15) is 0 Å². The first-order valence-electron chi connectivity index (χ1n) is 14.4. The lowest BCUT2D eigenvalue weighted by atomic mass is 9.81. The second-order valence-corrected chi connectivity index (χ2v) is 11.9. The van der Waals surface area contributed by atoms with Gasteiger partial charge in [-0.25, -0.2) is 0 Å². The highest BCUT2D eigenvalue weighted by atomic mass is 15.0. The Bertz CT molecular complexity index is 2090. The summed E-state index contributed by atoms with van der Waals surface area (Å²) in [5, 5.41) is 2.60. The topological polar surface area (TPSA) is 4.93 Å². The zero-order valence-corrected chi connectivity index (χ0v) is 23.6. The van der Waals surface area contributed by atoms with Crippen LogP contribution in [0, 0.1) is 6.92 Å². The highest BCUT2D eigenvalue weighted by Gasteiger charge is 2.36. The average Bonchev–Trinajstić information content (AvgIpc) is 3.45. The van der Waals surface area contributed by atoms with Gasteiger partial charge in [0.15, 0.2) is 0 Å². The minimum Gasteiger partial charge on any atom is -0.309 e. The number of hydrogen-bond donors (Lipinski definition) is 0. The Kier molecular flexibility index (Phi) is 5.15. The number of aryl methyl sites for hydroxylation is 1. The summed E-state index contributed by atoms with van der Waals surface area (Å²) in [6, 6.07) is 49.2. The molecule has 41 heavy (non-hydrogen) atoms. The monoisotopic (exact) mass is 525 g/mol. The molecule has 0 unspecified atom stereocenters. The molecular weight excluding hydrogens is 494 g/mol. The van der Waals surface area contributed by atoms with Crippen LogP contribution in [0.2, 0.25) is 0 Å². The second-order valence-electron chi connectivity index (χ2n) is 11.9. The molecule has 0 bridgehead atoms. The van der Waals surface area contributed by atoms with Crippen LogP contribution in [0.25, 0.3) is 60.9 Å². The molecule has 1 heteroatoms.